The third-order valence-electron chi connectivity index (χ3n) is 8.39. The number of nitrogens with one attached hydrogen (secondary N) is 3. The molecule has 214 valence electrons. The molecule has 0 bridgehead atoms. The van der Waals surface area contributed by atoms with Crippen LogP contribution in [-0.2, 0) is 9.47 Å². The van der Waals surface area contributed by atoms with Crippen LogP contribution >= 0.6 is 11.6 Å². The highest BCUT2D eigenvalue weighted by Gasteiger charge is 2.48. The fourth-order valence-corrected chi connectivity index (χ4v) is 6.14. The Labute approximate surface area is 230 Å². The second-order valence-electron chi connectivity index (χ2n) is 10.8. The van der Waals surface area contributed by atoms with E-state index in [1.165, 1.54) is 6.07 Å². The van der Waals surface area contributed by atoms with Crippen LogP contribution in [0.5, 0.6) is 0 Å². The van der Waals surface area contributed by atoms with Crippen molar-refractivity contribution < 1.29 is 27.0 Å². The average molecular weight is 572 g/mol. The summed E-state index contributed by atoms with van der Waals surface area (Å²) in [5.74, 6) is 0.968. The Hall–Kier alpha value is -2.21. The fraction of sp³-hybridized carbons (Fsp3) is 0.630. The van der Waals surface area contributed by atoms with E-state index >= 15 is 0 Å². The molecule has 3 N–H and O–H groups in total. The van der Waals surface area contributed by atoms with Gasteiger partial charge in [0.25, 0.3) is 0 Å². The lowest BCUT2D eigenvalue weighted by atomic mass is 9.57. The van der Waals surface area contributed by atoms with E-state index < -0.39 is 18.8 Å². The van der Waals surface area contributed by atoms with Gasteiger partial charge in [-0.15, -0.1) is 13.2 Å². The van der Waals surface area contributed by atoms with Crippen molar-refractivity contribution in [2.45, 2.75) is 63.4 Å². The van der Waals surface area contributed by atoms with Gasteiger partial charge in [0.1, 0.15) is 5.82 Å². The molecule has 3 aliphatic rings. The van der Waals surface area contributed by atoms with Crippen LogP contribution in [0.4, 0.5) is 29.2 Å². The first-order chi connectivity index (χ1) is 18.7. The van der Waals surface area contributed by atoms with Crippen LogP contribution in [0.3, 0.4) is 0 Å². The van der Waals surface area contributed by atoms with Gasteiger partial charge in [-0.05, 0) is 74.5 Å². The number of halogens is 5. The van der Waals surface area contributed by atoms with Crippen molar-refractivity contribution in [3.05, 3.63) is 35.2 Å². The highest BCUT2D eigenvalue weighted by Crippen LogP contribution is 2.51. The summed E-state index contributed by atoms with van der Waals surface area (Å²) in [4.78, 5) is 8.98. The lowest BCUT2D eigenvalue weighted by molar-refractivity contribution is -0.323. The summed E-state index contributed by atoms with van der Waals surface area (Å²) in [6.45, 7) is 1.94. The largest absolute Gasteiger partial charge is 0.522 e. The van der Waals surface area contributed by atoms with Crippen molar-refractivity contribution in [1.29, 1.82) is 0 Å². The molecule has 0 radical (unpaired) electrons. The minimum Gasteiger partial charge on any atom is -0.381 e. The number of alkyl halides is 3. The first-order valence-electron chi connectivity index (χ1n) is 13.6. The maximum absolute atomic E-state index is 14.7. The Morgan fingerprint density at radius 2 is 1.90 bits per heavy atom. The normalized spacial score (nSPS) is 26.9. The van der Waals surface area contributed by atoms with E-state index in [1.807, 2.05) is 6.07 Å². The van der Waals surface area contributed by atoms with Gasteiger partial charge in [0, 0.05) is 50.1 Å². The molecule has 1 saturated heterocycles. The fourth-order valence-electron chi connectivity index (χ4n) is 5.94. The second kappa shape index (κ2) is 12.1. The summed E-state index contributed by atoms with van der Waals surface area (Å²) in [5.41, 5.74) is 1.36. The predicted octanol–water partition coefficient (Wildman–Crippen LogP) is 6.01. The summed E-state index contributed by atoms with van der Waals surface area (Å²) in [5, 5.41) is 10.2. The van der Waals surface area contributed by atoms with Gasteiger partial charge in [0.15, 0.2) is 11.6 Å². The van der Waals surface area contributed by atoms with Crippen molar-refractivity contribution in [1.82, 2.24) is 15.3 Å². The van der Waals surface area contributed by atoms with Crippen LogP contribution < -0.4 is 16.0 Å². The summed E-state index contributed by atoms with van der Waals surface area (Å²) >= 11 is 6.48. The third kappa shape index (κ3) is 7.11. The molecule has 3 heterocycles. The molecule has 2 aromatic rings. The maximum atomic E-state index is 14.7. The predicted molar refractivity (Wildman–Crippen MR) is 141 cm³/mol. The lowest BCUT2D eigenvalue weighted by Gasteiger charge is -2.52. The molecule has 2 saturated carbocycles. The Kier molecular flexibility index (Phi) is 8.80. The van der Waals surface area contributed by atoms with Crippen molar-refractivity contribution >= 4 is 23.2 Å². The molecule has 12 heteroatoms. The quantitative estimate of drug-likeness (QED) is 0.238. The van der Waals surface area contributed by atoms with Gasteiger partial charge in [-0.1, -0.05) is 11.6 Å². The number of nitrogens with zero attached hydrogens (tertiary/aromatic N) is 2. The van der Waals surface area contributed by atoms with Gasteiger partial charge in [0.2, 0.25) is 0 Å². The van der Waals surface area contributed by atoms with Gasteiger partial charge < -0.3 is 20.7 Å². The van der Waals surface area contributed by atoms with E-state index in [-0.39, 0.29) is 29.9 Å². The van der Waals surface area contributed by atoms with Crippen molar-refractivity contribution in [3.8, 4) is 11.3 Å². The zero-order valence-corrected chi connectivity index (χ0v) is 22.4. The van der Waals surface area contributed by atoms with Crippen LogP contribution in [-0.4, -0.2) is 61.3 Å². The number of fused-ring (bicyclic) bond motifs is 1. The molecule has 2 atom stereocenters. The van der Waals surface area contributed by atoms with E-state index in [2.05, 4.69) is 30.7 Å². The monoisotopic (exact) mass is 571 g/mol. The number of anilines is 2. The average Bonchev–Trinajstić information content (AvgIpc) is 2.89. The van der Waals surface area contributed by atoms with Gasteiger partial charge in [-0.2, -0.15) is 0 Å². The summed E-state index contributed by atoms with van der Waals surface area (Å²) in [6.07, 6.45) is 3.54. The first kappa shape index (κ1) is 28.3. The molecular weight excluding hydrogens is 538 g/mol. The third-order valence-corrected chi connectivity index (χ3v) is 8.69. The summed E-state index contributed by atoms with van der Waals surface area (Å²) < 4.78 is 60.4. The highest BCUT2D eigenvalue weighted by atomic mass is 35.5. The molecule has 0 spiro atoms. The van der Waals surface area contributed by atoms with E-state index in [0.717, 1.165) is 58.2 Å². The molecule has 39 heavy (non-hydrogen) atoms. The molecule has 3 fully saturated rings. The zero-order valence-electron chi connectivity index (χ0n) is 21.6. The van der Waals surface area contributed by atoms with E-state index in [4.69, 9.17) is 16.3 Å². The van der Waals surface area contributed by atoms with Gasteiger partial charge in [-0.25, -0.2) is 14.4 Å². The van der Waals surface area contributed by atoms with Crippen LogP contribution in [0.1, 0.15) is 44.9 Å². The minimum absolute atomic E-state index is 0.152. The van der Waals surface area contributed by atoms with Crippen LogP contribution in [0.15, 0.2) is 24.4 Å². The number of hydrogen-bond acceptors (Lipinski definition) is 7. The van der Waals surface area contributed by atoms with Crippen LogP contribution in [0, 0.1) is 17.2 Å². The Balaban J connectivity index is 1.17. The lowest BCUT2D eigenvalue weighted by Crippen LogP contribution is -2.51. The molecule has 0 amide bonds. The topological polar surface area (TPSA) is 80.3 Å². The number of pyridine rings is 2. The zero-order chi connectivity index (χ0) is 27.5. The number of rotatable bonds is 10. The molecule has 2 unspecified atom stereocenters. The van der Waals surface area contributed by atoms with Crippen LogP contribution in [0.25, 0.3) is 11.3 Å². The highest BCUT2D eigenvalue weighted by molar-refractivity contribution is 6.33. The van der Waals surface area contributed by atoms with E-state index in [1.54, 1.807) is 12.3 Å². The molecule has 0 aromatic carbocycles. The first-order valence-corrected chi connectivity index (χ1v) is 13.9. The SMILES string of the molecule is Fc1ccc(-c2cc(NC3CCC(NCCOC(F)(F)F)CC3)ncc2Cl)nc1NCC12CCOCC1CC2. The van der Waals surface area contributed by atoms with Crippen molar-refractivity contribution in [2.75, 3.05) is 43.5 Å². The minimum atomic E-state index is -4.60. The van der Waals surface area contributed by atoms with E-state index in [0.29, 0.717) is 34.6 Å². The molecule has 1 aliphatic heterocycles. The molecule has 7 nitrogen and oxygen atoms in total. The van der Waals surface area contributed by atoms with Crippen molar-refractivity contribution in [3.63, 3.8) is 0 Å². The smallest absolute Gasteiger partial charge is 0.381 e. The summed E-state index contributed by atoms with van der Waals surface area (Å²) in [6, 6.07) is 5.17. The standard InChI is InChI=1S/C27H34ClF4N5O2/c28-21-14-34-24(36-19-3-1-18(2-4-19)33-10-12-39-27(30,31)32)13-20(21)23-6-5-22(29)25(37-23)35-16-26-8-7-17(26)15-38-11-9-26/h5-6,13-14,17-19,33H,1-4,7-12,15-16H2,(H,34,36)(H,35,37). The molecule has 2 aromatic heterocycles. The second-order valence-corrected chi connectivity index (χ2v) is 11.2. The molecular formula is C27H34ClF4N5O2. The van der Waals surface area contributed by atoms with Gasteiger partial charge in [0.05, 0.1) is 17.3 Å². The molecule has 2 aliphatic carbocycles. The van der Waals surface area contributed by atoms with Crippen LogP contribution in [0.2, 0.25) is 5.02 Å². The molecule has 5 rings (SSSR count). The Bertz CT molecular complexity index is 1130. The summed E-state index contributed by atoms with van der Waals surface area (Å²) in [7, 11) is 0. The number of hydrogen-bond donors (Lipinski definition) is 3. The number of aromatic nitrogens is 2. The van der Waals surface area contributed by atoms with Gasteiger partial charge >= 0.3 is 6.36 Å². The number of ether oxygens (including phenoxy) is 2. The Morgan fingerprint density at radius 3 is 2.62 bits per heavy atom. The van der Waals surface area contributed by atoms with Crippen molar-refractivity contribution in [2.24, 2.45) is 11.3 Å². The Morgan fingerprint density at radius 1 is 1.10 bits per heavy atom. The maximum Gasteiger partial charge on any atom is 0.522 e. The van der Waals surface area contributed by atoms with Gasteiger partial charge in [-0.3, -0.25) is 4.74 Å². The van der Waals surface area contributed by atoms with E-state index in [9.17, 15) is 17.6 Å².